The molecule has 1 atom stereocenters. The van der Waals surface area contributed by atoms with Crippen LogP contribution in [0.5, 0.6) is 0 Å². The van der Waals surface area contributed by atoms with Crippen LogP contribution in [0, 0.1) is 11.8 Å². The van der Waals surface area contributed by atoms with Crippen LogP contribution < -0.4 is 5.32 Å². The summed E-state index contributed by atoms with van der Waals surface area (Å²) in [5.41, 5.74) is 1.26. The fraction of sp³-hybridized carbons (Fsp3) is 0.875. The fourth-order valence-corrected chi connectivity index (χ4v) is 4.50. The molecule has 4 heteroatoms. The van der Waals surface area contributed by atoms with Gasteiger partial charge in [0.1, 0.15) is 0 Å². The molecule has 0 spiro atoms. The van der Waals surface area contributed by atoms with Gasteiger partial charge in [-0.1, -0.05) is 51.4 Å². The molecule has 1 heterocycles. The molecule has 0 amide bonds. The molecule has 1 aliphatic carbocycles. The van der Waals surface area contributed by atoms with Crippen LogP contribution in [0.3, 0.4) is 0 Å². The average molecular weight is 295 g/mol. The third kappa shape index (κ3) is 3.40. The van der Waals surface area contributed by atoms with Gasteiger partial charge in [0.2, 0.25) is 0 Å². The van der Waals surface area contributed by atoms with E-state index in [1.165, 1.54) is 42.7 Å². The quantitative estimate of drug-likeness (QED) is 0.899. The zero-order chi connectivity index (χ0) is 14.8. The van der Waals surface area contributed by atoms with Crippen molar-refractivity contribution >= 4 is 11.5 Å². The average Bonchev–Trinajstić information content (AvgIpc) is 2.90. The summed E-state index contributed by atoms with van der Waals surface area (Å²) in [6.07, 6.45) is 6.79. The van der Waals surface area contributed by atoms with Crippen molar-refractivity contribution in [1.29, 1.82) is 0 Å². The number of rotatable bonds is 4. The summed E-state index contributed by atoms with van der Waals surface area (Å²) in [6, 6.07) is 0.432. The molecule has 1 aromatic heterocycles. The van der Waals surface area contributed by atoms with Gasteiger partial charge in [-0.15, -0.1) is 5.10 Å². The number of hydrogen-bond acceptors (Lipinski definition) is 4. The van der Waals surface area contributed by atoms with Crippen molar-refractivity contribution in [2.45, 2.75) is 71.3 Å². The van der Waals surface area contributed by atoms with Gasteiger partial charge in [-0.05, 0) is 43.3 Å². The Hall–Kier alpha value is -0.480. The fourth-order valence-electron chi connectivity index (χ4n) is 3.43. The number of nitrogens with zero attached hydrogens (tertiary/aromatic N) is 2. The minimum Gasteiger partial charge on any atom is -0.312 e. The van der Waals surface area contributed by atoms with Crippen molar-refractivity contribution in [3.8, 4) is 0 Å². The summed E-state index contributed by atoms with van der Waals surface area (Å²) in [4.78, 5) is 1.36. The lowest BCUT2D eigenvalue weighted by molar-refractivity contribution is 0.224. The summed E-state index contributed by atoms with van der Waals surface area (Å²) in [7, 11) is 2.09. The van der Waals surface area contributed by atoms with Gasteiger partial charge in [-0.3, -0.25) is 0 Å². The van der Waals surface area contributed by atoms with Gasteiger partial charge in [0.25, 0.3) is 0 Å². The second-order valence-electron chi connectivity index (χ2n) is 7.19. The predicted molar refractivity (Wildman–Crippen MR) is 86.1 cm³/mol. The maximum atomic E-state index is 4.41. The molecule has 0 radical (unpaired) electrons. The molecule has 2 rings (SSSR count). The Morgan fingerprint density at radius 3 is 2.40 bits per heavy atom. The van der Waals surface area contributed by atoms with Gasteiger partial charge in [0, 0.05) is 11.5 Å². The zero-order valence-electron chi connectivity index (χ0n) is 13.6. The van der Waals surface area contributed by atoms with E-state index in [0.717, 1.165) is 11.8 Å². The maximum absolute atomic E-state index is 4.41. The molecule has 0 bridgehead atoms. The third-order valence-electron chi connectivity index (χ3n) is 4.76. The van der Waals surface area contributed by atoms with Gasteiger partial charge >= 0.3 is 0 Å². The number of nitrogens with one attached hydrogen (secondary N) is 1. The van der Waals surface area contributed by atoms with E-state index >= 15 is 0 Å². The van der Waals surface area contributed by atoms with Crippen molar-refractivity contribution in [3.63, 3.8) is 0 Å². The van der Waals surface area contributed by atoms with E-state index in [1.807, 2.05) is 0 Å². The Balaban J connectivity index is 2.15. The Morgan fingerprint density at radius 1 is 1.25 bits per heavy atom. The molecule has 0 aromatic carbocycles. The van der Waals surface area contributed by atoms with Crippen LogP contribution in [-0.4, -0.2) is 16.6 Å². The van der Waals surface area contributed by atoms with E-state index in [4.69, 9.17) is 0 Å². The molecule has 1 N–H and O–H groups in total. The molecule has 20 heavy (non-hydrogen) atoms. The first-order chi connectivity index (χ1) is 9.47. The lowest BCUT2D eigenvalue weighted by Crippen LogP contribution is -2.30. The normalized spacial score (nSPS) is 25.6. The summed E-state index contributed by atoms with van der Waals surface area (Å²) in [5.74, 6) is 1.69. The molecule has 1 aromatic rings. The second kappa shape index (κ2) is 6.52. The van der Waals surface area contributed by atoms with Crippen LogP contribution in [0.15, 0.2) is 0 Å². The Bertz CT molecular complexity index is 414. The van der Waals surface area contributed by atoms with Crippen molar-refractivity contribution in [2.75, 3.05) is 7.05 Å². The standard InChI is InChI=1S/C16H29N3S/c1-6-11-7-9-12(10-8-11)13(17-5)14-15(16(2,3)4)18-19-20-14/h11-13,17H,6-10H2,1-5H3. The molecular formula is C16H29N3S. The zero-order valence-corrected chi connectivity index (χ0v) is 14.4. The Kier molecular flexibility index (Phi) is 5.19. The highest BCUT2D eigenvalue weighted by molar-refractivity contribution is 7.05. The van der Waals surface area contributed by atoms with Crippen LogP contribution in [0.25, 0.3) is 0 Å². The van der Waals surface area contributed by atoms with Crippen LogP contribution in [0.2, 0.25) is 0 Å². The van der Waals surface area contributed by atoms with Crippen LogP contribution in [-0.2, 0) is 5.41 Å². The van der Waals surface area contributed by atoms with E-state index in [1.54, 1.807) is 11.5 Å². The minimum absolute atomic E-state index is 0.0814. The van der Waals surface area contributed by atoms with Crippen molar-refractivity contribution in [2.24, 2.45) is 11.8 Å². The minimum atomic E-state index is 0.0814. The Labute approximate surface area is 127 Å². The van der Waals surface area contributed by atoms with Crippen molar-refractivity contribution in [3.05, 3.63) is 10.6 Å². The lowest BCUT2D eigenvalue weighted by Gasteiger charge is -2.34. The SMILES string of the molecule is CCC1CCC(C(NC)c2snnc2C(C)(C)C)CC1. The van der Waals surface area contributed by atoms with Crippen molar-refractivity contribution < 1.29 is 0 Å². The molecule has 3 nitrogen and oxygen atoms in total. The van der Waals surface area contributed by atoms with E-state index in [-0.39, 0.29) is 5.41 Å². The van der Waals surface area contributed by atoms with Crippen LogP contribution in [0.4, 0.5) is 0 Å². The highest BCUT2D eigenvalue weighted by atomic mass is 32.1. The summed E-state index contributed by atoms with van der Waals surface area (Å²) < 4.78 is 4.24. The van der Waals surface area contributed by atoms with Gasteiger partial charge in [-0.2, -0.15) is 0 Å². The highest BCUT2D eigenvalue weighted by Crippen LogP contribution is 2.41. The third-order valence-corrected chi connectivity index (χ3v) is 5.56. The molecule has 1 saturated carbocycles. The maximum Gasteiger partial charge on any atom is 0.0857 e. The molecule has 1 unspecified atom stereocenters. The number of hydrogen-bond donors (Lipinski definition) is 1. The largest absolute Gasteiger partial charge is 0.312 e. The van der Waals surface area contributed by atoms with Crippen LogP contribution in [0.1, 0.15) is 76.4 Å². The second-order valence-corrected chi connectivity index (χ2v) is 7.98. The van der Waals surface area contributed by atoms with E-state index in [9.17, 15) is 0 Å². The highest BCUT2D eigenvalue weighted by Gasteiger charge is 2.33. The van der Waals surface area contributed by atoms with Crippen LogP contribution >= 0.6 is 11.5 Å². The monoisotopic (exact) mass is 295 g/mol. The molecule has 0 saturated heterocycles. The molecule has 0 aliphatic heterocycles. The van der Waals surface area contributed by atoms with E-state index in [0.29, 0.717) is 6.04 Å². The number of aromatic nitrogens is 2. The Morgan fingerprint density at radius 2 is 1.90 bits per heavy atom. The van der Waals surface area contributed by atoms with E-state index < -0.39 is 0 Å². The molecule has 114 valence electrons. The molecule has 1 aliphatic rings. The molecular weight excluding hydrogens is 266 g/mol. The van der Waals surface area contributed by atoms with Gasteiger partial charge in [0.05, 0.1) is 10.6 Å². The topological polar surface area (TPSA) is 37.8 Å². The van der Waals surface area contributed by atoms with Gasteiger partial charge in [0.15, 0.2) is 0 Å². The van der Waals surface area contributed by atoms with Crippen molar-refractivity contribution in [1.82, 2.24) is 14.9 Å². The summed E-state index contributed by atoms with van der Waals surface area (Å²) in [6.45, 7) is 9.02. The smallest absolute Gasteiger partial charge is 0.0857 e. The lowest BCUT2D eigenvalue weighted by atomic mass is 9.76. The summed E-state index contributed by atoms with van der Waals surface area (Å²) in [5, 5.41) is 7.96. The predicted octanol–water partition coefficient (Wildman–Crippen LogP) is 4.31. The van der Waals surface area contributed by atoms with Gasteiger partial charge < -0.3 is 5.32 Å². The first kappa shape index (κ1) is 15.9. The summed E-state index contributed by atoms with van der Waals surface area (Å²) >= 11 is 1.59. The first-order valence-corrected chi connectivity index (χ1v) is 8.74. The first-order valence-electron chi connectivity index (χ1n) is 7.97. The van der Waals surface area contributed by atoms with E-state index in [2.05, 4.69) is 49.6 Å². The molecule has 1 fully saturated rings. The van der Waals surface area contributed by atoms with Gasteiger partial charge in [-0.25, -0.2) is 0 Å².